The highest BCUT2D eigenvalue weighted by Gasteiger charge is 2.26. The lowest BCUT2D eigenvalue weighted by Crippen LogP contribution is -2.50. The molecule has 0 saturated carbocycles. The fourth-order valence-corrected chi connectivity index (χ4v) is 4.55. The van der Waals surface area contributed by atoms with Gasteiger partial charge in [0.25, 0.3) is 5.56 Å². The minimum Gasteiger partial charge on any atom is -0.476 e. The molecule has 36 heavy (non-hydrogen) atoms. The Labute approximate surface area is 212 Å². The number of anilines is 2. The van der Waals surface area contributed by atoms with E-state index in [4.69, 9.17) is 21.3 Å². The maximum absolute atomic E-state index is 13.4. The Morgan fingerprint density at radius 1 is 1.17 bits per heavy atom. The zero-order chi connectivity index (χ0) is 26.1. The number of carbonyl (C=O) groups excluding carboxylic acids is 1. The number of aryl methyl sites for hydroxylation is 1. The van der Waals surface area contributed by atoms with Crippen LogP contribution in [0.1, 0.15) is 34.6 Å². The number of amides is 1. The van der Waals surface area contributed by atoms with E-state index in [1.54, 1.807) is 24.1 Å². The van der Waals surface area contributed by atoms with Crippen molar-refractivity contribution in [2.24, 2.45) is 7.05 Å². The number of piperazine rings is 1. The maximum Gasteiger partial charge on any atom is 0.409 e. The van der Waals surface area contributed by atoms with Gasteiger partial charge >= 0.3 is 12.1 Å². The number of methoxy groups -OCH3 is 1. The predicted molar refractivity (Wildman–Crippen MR) is 136 cm³/mol. The highest BCUT2D eigenvalue weighted by atomic mass is 35.5. The molecule has 1 saturated heterocycles. The number of benzene rings is 1. The van der Waals surface area contributed by atoms with Crippen molar-refractivity contribution in [1.29, 1.82) is 0 Å². The van der Waals surface area contributed by atoms with Crippen LogP contribution in [0.15, 0.2) is 29.1 Å². The summed E-state index contributed by atoms with van der Waals surface area (Å²) in [5.74, 6) is -0.713. The summed E-state index contributed by atoms with van der Waals surface area (Å²) in [4.78, 5) is 49.3. The number of pyridine rings is 1. The van der Waals surface area contributed by atoms with Crippen molar-refractivity contribution in [3.05, 3.63) is 56.6 Å². The van der Waals surface area contributed by atoms with Gasteiger partial charge in [-0.3, -0.25) is 9.36 Å². The molecule has 4 rings (SSSR count). The number of carbonyl (C=O) groups is 2. The number of rotatable bonds is 5. The van der Waals surface area contributed by atoms with Crippen molar-refractivity contribution >= 4 is 46.2 Å². The molecule has 12 heteroatoms. The van der Waals surface area contributed by atoms with Crippen LogP contribution in [0.4, 0.5) is 16.4 Å². The molecule has 1 aliphatic heterocycles. The van der Waals surface area contributed by atoms with Crippen LogP contribution in [-0.2, 0) is 11.8 Å². The zero-order valence-corrected chi connectivity index (χ0v) is 21.2. The lowest BCUT2D eigenvalue weighted by molar-refractivity contribution is 0.0691. The summed E-state index contributed by atoms with van der Waals surface area (Å²) >= 11 is 5.89. The van der Waals surface area contributed by atoms with Crippen LogP contribution < -0.4 is 15.8 Å². The molecule has 1 atom stereocenters. The molecule has 1 aromatic carbocycles. The van der Waals surface area contributed by atoms with Gasteiger partial charge in [-0.05, 0) is 37.6 Å². The molecule has 1 amide bonds. The first-order valence-electron chi connectivity index (χ1n) is 11.4. The topological polar surface area (TPSA) is 130 Å². The zero-order valence-electron chi connectivity index (χ0n) is 20.4. The van der Waals surface area contributed by atoms with Crippen molar-refractivity contribution in [2.75, 3.05) is 43.5 Å². The van der Waals surface area contributed by atoms with Crippen LogP contribution in [-0.4, -0.2) is 69.9 Å². The molecule has 3 aromatic rings. The summed E-state index contributed by atoms with van der Waals surface area (Å²) in [6.07, 6.45) is -0.384. The number of fused-ring (bicyclic) bond motifs is 1. The molecule has 1 fully saturated rings. The molecule has 2 aromatic heterocycles. The second-order valence-electron chi connectivity index (χ2n) is 8.67. The van der Waals surface area contributed by atoms with Gasteiger partial charge in [-0.15, -0.1) is 0 Å². The minimum atomic E-state index is -1.21. The van der Waals surface area contributed by atoms with Crippen molar-refractivity contribution in [3.8, 4) is 0 Å². The first-order valence-corrected chi connectivity index (χ1v) is 11.7. The average molecular weight is 515 g/mol. The second-order valence-corrected chi connectivity index (χ2v) is 9.06. The lowest BCUT2D eigenvalue weighted by atomic mass is 10.0. The van der Waals surface area contributed by atoms with Gasteiger partial charge in [0.1, 0.15) is 5.15 Å². The Balaban J connectivity index is 1.74. The van der Waals surface area contributed by atoms with E-state index in [1.165, 1.54) is 17.7 Å². The van der Waals surface area contributed by atoms with E-state index in [0.29, 0.717) is 48.7 Å². The van der Waals surface area contributed by atoms with E-state index in [1.807, 2.05) is 24.8 Å². The monoisotopic (exact) mass is 514 g/mol. The third-order valence-corrected chi connectivity index (χ3v) is 6.44. The molecule has 0 spiro atoms. The molecule has 0 radical (unpaired) electrons. The summed E-state index contributed by atoms with van der Waals surface area (Å²) in [7, 11) is 3.03. The van der Waals surface area contributed by atoms with Gasteiger partial charge in [-0.25, -0.2) is 19.6 Å². The van der Waals surface area contributed by atoms with Gasteiger partial charge in [0.2, 0.25) is 5.95 Å². The molecule has 3 heterocycles. The number of carboxylic acid groups (broad SMARTS) is 1. The van der Waals surface area contributed by atoms with Crippen LogP contribution in [0.25, 0.3) is 10.9 Å². The largest absolute Gasteiger partial charge is 0.476 e. The SMILES string of the molecule is COC(=O)N1CCN(c2nc3c(C(C)Nc4ccc(Cl)nc4C(=O)O)cc(C)cc3c(=O)n2C)CC1. The van der Waals surface area contributed by atoms with Crippen LogP contribution in [0, 0.1) is 6.92 Å². The normalized spacial score (nSPS) is 14.6. The van der Waals surface area contributed by atoms with Crippen molar-refractivity contribution < 1.29 is 19.4 Å². The fourth-order valence-electron chi connectivity index (χ4n) is 4.40. The molecule has 0 bridgehead atoms. The molecule has 190 valence electrons. The number of nitrogens with one attached hydrogen (secondary N) is 1. The van der Waals surface area contributed by atoms with Crippen molar-refractivity contribution in [1.82, 2.24) is 19.4 Å². The lowest BCUT2D eigenvalue weighted by Gasteiger charge is -2.35. The van der Waals surface area contributed by atoms with E-state index in [9.17, 15) is 19.5 Å². The van der Waals surface area contributed by atoms with E-state index < -0.39 is 12.0 Å². The number of aromatic carboxylic acids is 1. The number of aromatic nitrogens is 3. The van der Waals surface area contributed by atoms with Crippen molar-refractivity contribution in [2.45, 2.75) is 19.9 Å². The van der Waals surface area contributed by atoms with E-state index >= 15 is 0 Å². The van der Waals surface area contributed by atoms with Gasteiger partial charge in [0, 0.05) is 38.8 Å². The Hall–Kier alpha value is -3.86. The third-order valence-electron chi connectivity index (χ3n) is 6.23. The number of halogens is 1. The molecular formula is C24H27ClN6O5. The van der Waals surface area contributed by atoms with E-state index in [0.717, 1.165) is 11.1 Å². The van der Waals surface area contributed by atoms with Gasteiger partial charge in [0.15, 0.2) is 5.69 Å². The van der Waals surface area contributed by atoms with Crippen LogP contribution in [0.2, 0.25) is 5.15 Å². The average Bonchev–Trinajstić information content (AvgIpc) is 2.86. The van der Waals surface area contributed by atoms with Crippen molar-refractivity contribution in [3.63, 3.8) is 0 Å². The van der Waals surface area contributed by atoms with Gasteiger partial charge in [-0.1, -0.05) is 17.7 Å². The molecule has 11 nitrogen and oxygen atoms in total. The molecule has 2 N–H and O–H groups in total. The molecule has 1 aliphatic rings. The number of hydrogen-bond donors (Lipinski definition) is 2. The number of ether oxygens (including phenoxy) is 1. The summed E-state index contributed by atoms with van der Waals surface area (Å²) in [6, 6.07) is 6.39. The van der Waals surface area contributed by atoms with Crippen LogP contribution in [0.5, 0.6) is 0 Å². The first kappa shape index (κ1) is 25.2. The summed E-state index contributed by atoms with van der Waals surface area (Å²) < 4.78 is 6.32. The highest BCUT2D eigenvalue weighted by molar-refractivity contribution is 6.29. The number of nitrogens with zero attached hydrogens (tertiary/aromatic N) is 5. The summed E-state index contributed by atoms with van der Waals surface area (Å²) in [5, 5.41) is 13.3. The quantitative estimate of drug-likeness (QED) is 0.493. The smallest absolute Gasteiger partial charge is 0.409 e. The Kier molecular flexibility index (Phi) is 7.02. The van der Waals surface area contributed by atoms with Crippen LogP contribution in [0.3, 0.4) is 0 Å². The number of carboxylic acids is 1. The van der Waals surface area contributed by atoms with Gasteiger partial charge in [-0.2, -0.15) is 0 Å². The second kappa shape index (κ2) is 10.0. The third kappa shape index (κ3) is 4.78. The Bertz CT molecular complexity index is 1400. The Morgan fingerprint density at radius 3 is 2.50 bits per heavy atom. The first-order chi connectivity index (χ1) is 17.1. The minimum absolute atomic E-state index is 0.0775. The highest BCUT2D eigenvalue weighted by Crippen LogP contribution is 2.29. The molecule has 0 aliphatic carbocycles. The molecule has 1 unspecified atom stereocenters. The molecular weight excluding hydrogens is 488 g/mol. The predicted octanol–water partition coefficient (Wildman–Crippen LogP) is 3.05. The van der Waals surface area contributed by atoms with Crippen LogP contribution >= 0.6 is 11.6 Å². The standard InChI is InChI=1S/C24H27ClN6O5/c1-13-11-15(14(2)26-17-5-6-18(25)27-20(17)22(33)34)19-16(12-13)21(32)29(3)23(28-19)30-7-9-31(10-8-30)24(35)36-4/h5-6,11-12,14,26H,7-10H2,1-4H3,(H,33,34). The van der Waals surface area contributed by atoms with E-state index in [-0.39, 0.29) is 22.5 Å². The fraction of sp³-hybridized carbons (Fsp3) is 0.375. The number of hydrogen-bond acceptors (Lipinski definition) is 8. The Morgan fingerprint density at radius 2 is 1.86 bits per heavy atom. The maximum atomic E-state index is 13.4. The summed E-state index contributed by atoms with van der Waals surface area (Å²) in [5.41, 5.74) is 2.05. The van der Waals surface area contributed by atoms with E-state index in [2.05, 4.69) is 10.3 Å². The van der Waals surface area contributed by atoms with Gasteiger partial charge in [0.05, 0.1) is 29.7 Å². The van der Waals surface area contributed by atoms with Gasteiger partial charge < -0.3 is 25.0 Å². The summed E-state index contributed by atoms with van der Waals surface area (Å²) in [6.45, 7) is 5.63.